The van der Waals surface area contributed by atoms with Gasteiger partial charge in [-0.25, -0.2) is 0 Å². The van der Waals surface area contributed by atoms with Crippen molar-refractivity contribution in [2.45, 2.75) is 69.0 Å². The standard InChI is InChI=1S/C14H26O9/c1-5-9(17)7(3-15)22-14(10(5)18)23-13-8(4-16)21-6(2)11(19)12(13)20/h5-20H,3-4H2,1-2H3. The maximum Gasteiger partial charge on any atom is 0.184 e. The summed E-state index contributed by atoms with van der Waals surface area (Å²) >= 11 is 0. The fraction of sp³-hybridized carbons (Fsp3) is 1.00. The second kappa shape index (κ2) is 7.68. The summed E-state index contributed by atoms with van der Waals surface area (Å²) in [6, 6.07) is 0. The molecule has 6 N–H and O–H groups in total. The SMILES string of the molecule is CC1OC(CO)C(OC2OC(CO)C(O)C(C)C2O)C(O)C1O. The molecule has 10 unspecified atom stereocenters. The molecule has 0 spiro atoms. The van der Waals surface area contributed by atoms with E-state index in [4.69, 9.17) is 14.2 Å². The molecule has 2 aliphatic rings. The highest BCUT2D eigenvalue weighted by Gasteiger charge is 2.48. The molecule has 2 saturated heterocycles. The Hall–Kier alpha value is -0.360. The van der Waals surface area contributed by atoms with Crippen LogP contribution in [0.5, 0.6) is 0 Å². The highest BCUT2D eigenvalue weighted by Crippen LogP contribution is 2.30. The van der Waals surface area contributed by atoms with E-state index < -0.39 is 74.3 Å². The summed E-state index contributed by atoms with van der Waals surface area (Å²) in [6.45, 7) is 2.21. The molecule has 2 rings (SSSR count). The second-order valence-corrected chi connectivity index (χ2v) is 6.21. The molecule has 0 radical (unpaired) electrons. The zero-order valence-corrected chi connectivity index (χ0v) is 13.1. The molecule has 10 atom stereocenters. The smallest absolute Gasteiger partial charge is 0.184 e. The maximum absolute atomic E-state index is 10.2. The van der Waals surface area contributed by atoms with Gasteiger partial charge in [-0.05, 0) is 6.92 Å². The van der Waals surface area contributed by atoms with Crippen LogP contribution < -0.4 is 0 Å². The molecule has 0 saturated carbocycles. The van der Waals surface area contributed by atoms with Crippen LogP contribution in [0.4, 0.5) is 0 Å². The van der Waals surface area contributed by atoms with Crippen molar-refractivity contribution in [3.8, 4) is 0 Å². The molecular formula is C14H26O9. The Morgan fingerprint density at radius 2 is 1.39 bits per heavy atom. The molecule has 0 amide bonds. The van der Waals surface area contributed by atoms with Crippen molar-refractivity contribution in [3.63, 3.8) is 0 Å². The summed E-state index contributed by atoms with van der Waals surface area (Å²) < 4.78 is 16.3. The first-order valence-corrected chi connectivity index (χ1v) is 7.72. The normalized spacial score (nSPS) is 51.7. The van der Waals surface area contributed by atoms with Gasteiger partial charge in [0.2, 0.25) is 0 Å². The quantitative estimate of drug-likeness (QED) is 0.314. The van der Waals surface area contributed by atoms with Crippen molar-refractivity contribution in [2.75, 3.05) is 13.2 Å². The van der Waals surface area contributed by atoms with E-state index in [1.54, 1.807) is 13.8 Å². The Bertz CT molecular complexity index is 377. The van der Waals surface area contributed by atoms with Gasteiger partial charge in [-0.3, -0.25) is 0 Å². The molecule has 2 heterocycles. The van der Waals surface area contributed by atoms with Gasteiger partial charge >= 0.3 is 0 Å². The molecule has 23 heavy (non-hydrogen) atoms. The Kier molecular flexibility index (Phi) is 6.34. The third-order valence-corrected chi connectivity index (χ3v) is 4.62. The topological polar surface area (TPSA) is 149 Å². The number of hydrogen-bond acceptors (Lipinski definition) is 9. The average Bonchev–Trinajstić information content (AvgIpc) is 2.55. The molecule has 0 aliphatic carbocycles. The van der Waals surface area contributed by atoms with E-state index in [1.807, 2.05) is 0 Å². The molecule has 0 aromatic carbocycles. The fourth-order valence-electron chi connectivity index (χ4n) is 2.98. The number of aliphatic hydroxyl groups is 6. The van der Waals surface area contributed by atoms with Crippen molar-refractivity contribution in [2.24, 2.45) is 5.92 Å². The summed E-state index contributed by atoms with van der Waals surface area (Å²) in [6.07, 6.45) is -9.77. The number of ether oxygens (including phenoxy) is 3. The van der Waals surface area contributed by atoms with Crippen LogP contribution in [0.1, 0.15) is 13.8 Å². The molecule has 136 valence electrons. The van der Waals surface area contributed by atoms with Crippen molar-refractivity contribution >= 4 is 0 Å². The van der Waals surface area contributed by atoms with Gasteiger partial charge in [0.15, 0.2) is 6.29 Å². The minimum Gasteiger partial charge on any atom is -0.394 e. The number of rotatable bonds is 4. The third-order valence-electron chi connectivity index (χ3n) is 4.62. The van der Waals surface area contributed by atoms with Crippen molar-refractivity contribution in [1.29, 1.82) is 0 Å². The van der Waals surface area contributed by atoms with Crippen LogP contribution in [0.2, 0.25) is 0 Å². The van der Waals surface area contributed by atoms with E-state index >= 15 is 0 Å². The van der Waals surface area contributed by atoms with E-state index in [0.29, 0.717) is 0 Å². The summed E-state index contributed by atoms with van der Waals surface area (Å²) in [4.78, 5) is 0. The maximum atomic E-state index is 10.2. The minimum atomic E-state index is -1.35. The predicted octanol–water partition coefficient (Wildman–Crippen LogP) is -3.05. The molecule has 9 nitrogen and oxygen atoms in total. The van der Waals surface area contributed by atoms with Crippen LogP contribution >= 0.6 is 0 Å². The van der Waals surface area contributed by atoms with Crippen LogP contribution in [0.25, 0.3) is 0 Å². The zero-order chi connectivity index (χ0) is 17.3. The molecular weight excluding hydrogens is 312 g/mol. The van der Waals surface area contributed by atoms with E-state index in [2.05, 4.69) is 0 Å². The first-order valence-electron chi connectivity index (χ1n) is 7.72. The highest BCUT2D eigenvalue weighted by molar-refractivity contribution is 4.93. The Morgan fingerprint density at radius 1 is 0.783 bits per heavy atom. The lowest BCUT2D eigenvalue weighted by Crippen LogP contribution is -2.62. The van der Waals surface area contributed by atoms with Crippen molar-refractivity contribution in [1.82, 2.24) is 0 Å². The first-order chi connectivity index (χ1) is 10.8. The monoisotopic (exact) mass is 338 g/mol. The van der Waals surface area contributed by atoms with Gasteiger partial charge in [-0.1, -0.05) is 6.92 Å². The van der Waals surface area contributed by atoms with Gasteiger partial charge in [-0.15, -0.1) is 0 Å². The lowest BCUT2D eigenvalue weighted by molar-refractivity contribution is -0.334. The lowest BCUT2D eigenvalue weighted by Gasteiger charge is -2.46. The van der Waals surface area contributed by atoms with E-state index in [9.17, 15) is 30.6 Å². The van der Waals surface area contributed by atoms with E-state index in [-0.39, 0.29) is 0 Å². The highest BCUT2D eigenvalue weighted by atomic mass is 16.7. The molecule has 0 bridgehead atoms. The van der Waals surface area contributed by atoms with Crippen molar-refractivity contribution in [3.05, 3.63) is 0 Å². The van der Waals surface area contributed by atoms with Crippen LogP contribution in [0.15, 0.2) is 0 Å². The van der Waals surface area contributed by atoms with Crippen LogP contribution in [-0.4, -0.2) is 99.0 Å². The third kappa shape index (κ3) is 3.68. The second-order valence-electron chi connectivity index (χ2n) is 6.21. The van der Waals surface area contributed by atoms with Gasteiger partial charge in [0.1, 0.15) is 36.6 Å². The fourth-order valence-corrected chi connectivity index (χ4v) is 2.98. The average molecular weight is 338 g/mol. The molecule has 2 fully saturated rings. The molecule has 0 aromatic heterocycles. The number of hydrogen-bond donors (Lipinski definition) is 6. The van der Waals surface area contributed by atoms with Gasteiger partial charge in [0, 0.05) is 5.92 Å². The van der Waals surface area contributed by atoms with Gasteiger partial charge in [-0.2, -0.15) is 0 Å². The molecule has 9 heteroatoms. The molecule has 2 aliphatic heterocycles. The number of aliphatic hydroxyl groups excluding tert-OH is 6. The largest absolute Gasteiger partial charge is 0.394 e. The lowest BCUT2D eigenvalue weighted by atomic mass is 9.90. The van der Waals surface area contributed by atoms with E-state index in [0.717, 1.165) is 0 Å². The summed E-state index contributed by atoms with van der Waals surface area (Å²) in [5.41, 5.74) is 0. The summed E-state index contributed by atoms with van der Waals surface area (Å²) in [5, 5.41) is 58.8. The van der Waals surface area contributed by atoms with Gasteiger partial charge in [0.05, 0.1) is 25.4 Å². The Labute approximate surface area is 134 Å². The summed E-state index contributed by atoms with van der Waals surface area (Å²) in [7, 11) is 0. The van der Waals surface area contributed by atoms with E-state index in [1.165, 1.54) is 0 Å². The van der Waals surface area contributed by atoms with Crippen LogP contribution in [0.3, 0.4) is 0 Å². The van der Waals surface area contributed by atoms with Crippen molar-refractivity contribution < 1.29 is 44.8 Å². The first kappa shape index (κ1) is 19.0. The predicted molar refractivity (Wildman–Crippen MR) is 75.2 cm³/mol. The zero-order valence-electron chi connectivity index (χ0n) is 13.1. The van der Waals surface area contributed by atoms with Crippen LogP contribution in [-0.2, 0) is 14.2 Å². The van der Waals surface area contributed by atoms with Gasteiger partial charge in [0.25, 0.3) is 0 Å². The Morgan fingerprint density at radius 3 is 1.96 bits per heavy atom. The van der Waals surface area contributed by atoms with Gasteiger partial charge < -0.3 is 44.8 Å². The summed E-state index contributed by atoms with van der Waals surface area (Å²) in [5.74, 6) is -0.635. The molecule has 0 aromatic rings. The minimum absolute atomic E-state index is 0.455. The Balaban J connectivity index is 2.11. The van der Waals surface area contributed by atoms with Crippen LogP contribution in [0, 0.1) is 5.92 Å².